The molecule has 8 nitrogen and oxygen atoms in total. The maximum atomic E-state index is 13.7. The van der Waals surface area contributed by atoms with Gasteiger partial charge in [0.15, 0.2) is 5.13 Å². The van der Waals surface area contributed by atoms with E-state index in [2.05, 4.69) is 9.97 Å². The van der Waals surface area contributed by atoms with Crippen LogP contribution in [0.3, 0.4) is 0 Å². The molecule has 0 aliphatic carbocycles. The number of likely N-dealkylation sites (N-methyl/N-ethyl adjacent to an activating group) is 1. The molecule has 192 valence electrons. The van der Waals surface area contributed by atoms with E-state index in [0.29, 0.717) is 40.1 Å². The Morgan fingerprint density at radius 2 is 1.95 bits per heavy atom. The van der Waals surface area contributed by atoms with Gasteiger partial charge < -0.3 is 4.74 Å². The number of carbonyl (C=O) groups is 1. The van der Waals surface area contributed by atoms with Crippen LogP contribution in [0.2, 0.25) is 5.02 Å². The Kier molecular flexibility index (Phi) is 7.55. The number of hydrogen-bond acceptors (Lipinski definition) is 7. The summed E-state index contributed by atoms with van der Waals surface area (Å²) in [6.07, 6.45) is 3.35. The number of hydrogen-bond donors (Lipinski definition) is 0. The molecule has 1 aliphatic heterocycles. The second-order valence-electron chi connectivity index (χ2n) is 8.74. The monoisotopic (exact) mass is 556 g/mol. The van der Waals surface area contributed by atoms with Crippen molar-refractivity contribution >= 4 is 54.2 Å². The average molecular weight is 557 g/mol. The van der Waals surface area contributed by atoms with E-state index in [4.69, 9.17) is 16.3 Å². The predicted octanol–water partition coefficient (Wildman–Crippen LogP) is 4.99. The van der Waals surface area contributed by atoms with E-state index in [-0.39, 0.29) is 23.5 Å². The largest absolute Gasteiger partial charge is 0.377 e. The Labute approximate surface area is 224 Å². The molecule has 0 N–H and O–H groups in total. The molecule has 0 spiro atoms. The van der Waals surface area contributed by atoms with Crippen molar-refractivity contribution in [2.24, 2.45) is 0 Å². The van der Waals surface area contributed by atoms with Crippen LogP contribution in [0.4, 0.5) is 5.13 Å². The van der Waals surface area contributed by atoms with Crippen molar-refractivity contribution in [2.45, 2.75) is 30.4 Å². The van der Waals surface area contributed by atoms with Crippen molar-refractivity contribution in [3.8, 4) is 0 Å². The van der Waals surface area contributed by atoms with Gasteiger partial charge in [0.05, 0.1) is 33.0 Å². The van der Waals surface area contributed by atoms with Gasteiger partial charge in [0.25, 0.3) is 5.91 Å². The maximum Gasteiger partial charge on any atom is 0.260 e. The third kappa shape index (κ3) is 5.53. The lowest BCUT2D eigenvalue weighted by Crippen LogP contribution is -2.34. The molecule has 2 aromatic heterocycles. The molecule has 5 rings (SSSR count). The predicted molar refractivity (Wildman–Crippen MR) is 145 cm³/mol. The lowest BCUT2D eigenvalue weighted by Gasteiger charge is -2.21. The van der Waals surface area contributed by atoms with Crippen LogP contribution in [0, 0.1) is 0 Å². The Morgan fingerprint density at radius 1 is 1.14 bits per heavy atom. The fourth-order valence-electron chi connectivity index (χ4n) is 4.18. The molecule has 4 aromatic rings. The highest BCUT2D eigenvalue weighted by Gasteiger charge is 2.27. The maximum absolute atomic E-state index is 13.7. The molecular weight excluding hydrogens is 532 g/mol. The minimum Gasteiger partial charge on any atom is -0.377 e. The zero-order valence-corrected chi connectivity index (χ0v) is 22.5. The highest BCUT2D eigenvalue weighted by atomic mass is 35.5. The van der Waals surface area contributed by atoms with Gasteiger partial charge in [-0.15, -0.1) is 0 Å². The van der Waals surface area contributed by atoms with Crippen molar-refractivity contribution in [3.05, 3.63) is 83.1 Å². The standard InChI is InChI=1S/C26H25ClN4O4S2/c1-30(17-20-7-5-15-35-20)37(33,34)21-12-10-18(11-13-21)25(32)31(16-19-6-2-3-14-28-19)26-29-24-22(27)8-4-9-23(24)36-26/h2-4,6,8-14,20H,5,7,15-17H2,1H3. The molecule has 0 bridgehead atoms. The highest BCUT2D eigenvalue weighted by Crippen LogP contribution is 2.34. The Morgan fingerprint density at radius 3 is 2.62 bits per heavy atom. The van der Waals surface area contributed by atoms with Crippen molar-refractivity contribution in [1.82, 2.24) is 14.3 Å². The quantitative estimate of drug-likeness (QED) is 0.303. The van der Waals surface area contributed by atoms with Crippen LogP contribution in [0.1, 0.15) is 28.9 Å². The molecule has 1 atom stereocenters. The van der Waals surface area contributed by atoms with Crippen LogP contribution in [-0.4, -0.2) is 54.9 Å². The molecule has 0 saturated carbocycles. The molecule has 1 saturated heterocycles. The average Bonchev–Trinajstić information content (AvgIpc) is 3.58. The first-order chi connectivity index (χ1) is 17.8. The summed E-state index contributed by atoms with van der Waals surface area (Å²) in [5.74, 6) is -0.322. The number of ether oxygens (including phenoxy) is 1. The van der Waals surface area contributed by atoms with Crippen molar-refractivity contribution < 1.29 is 17.9 Å². The Bertz CT molecular complexity index is 1500. The van der Waals surface area contributed by atoms with E-state index in [1.807, 2.05) is 30.3 Å². The summed E-state index contributed by atoms with van der Waals surface area (Å²) in [7, 11) is -2.17. The molecule has 1 aliphatic rings. The third-order valence-corrected chi connectivity index (χ3v) is 9.36. The van der Waals surface area contributed by atoms with Crippen molar-refractivity contribution in [3.63, 3.8) is 0 Å². The molecule has 1 amide bonds. The first kappa shape index (κ1) is 25.7. The van der Waals surface area contributed by atoms with E-state index in [9.17, 15) is 13.2 Å². The number of sulfonamides is 1. The minimum atomic E-state index is -3.72. The third-order valence-electron chi connectivity index (χ3n) is 6.17. The van der Waals surface area contributed by atoms with Crippen molar-refractivity contribution in [2.75, 3.05) is 25.1 Å². The van der Waals surface area contributed by atoms with E-state index in [1.165, 1.54) is 44.8 Å². The molecule has 3 heterocycles. The number of fused-ring (bicyclic) bond motifs is 1. The number of nitrogens with zero attached hydrogens (tertiary/aromatic N) is 4. The summed E-state index contributed by atoms with van der Waals surface area (Å²) in [6, 6.07) is 17.0. The van der Waals surface area contributed by atoms with Crippen LogP contribution in [0.15, 0.2) is 71.8 Å². The number of para-hydroxylation sites is 1. The Balaban J connectivity index is 1.43. The van der Waals surface area contributed by atoms with Gasteiger partial charge in [0.1, 0.15) is 5.52 Å². The van der Waals surface area contributed by atoms with Crippen molar-refractivity contribution in [1.29, 1.82) is 0 Å². The number of rotatable bonds is 8. The van der Waals surface area contributed by atoms with E-state index in [1.54, 1.807) is 19.3 Å². The number of anilines is 1. The fourth-order valence-corrected chi connectivity index (χ4v) is 6.64. The smallest absolute Gasteiger partial charge is 0.260 e. The number of aromatic nitrogens is 2. The molecule has 1 unspecified atom stereocenters. The molecule has 37 heavy (non-hydrogen) atoms. The molecule has 0 radical (unpaired) electrons. The van der Waals surface area contributed by atoms with Gasteiger partial charge in [-0.1, -0.05) is 35.1 Å². The fraction of sp³-hybridized carbons (Fsp3) is 0.269. The van der Waals surface area contributed by atoms with Gasteiger partial charge in [-0.3, -0.25) is 14.7 Å². The van der Waals surface area contributed by atoms with Crippen LogP contribution >= 0.6 is 22.9 Å². The SMILES string of the molecule is CN(CC1CCCO1)S(=O)(=O)c1ccc(C(=O)N(Cc2ccccn2)c2nc3c(Cl)cccc3s2)cc1. The number of amides is 1. The van der Waals surface area contributed by atoms with Gasteiger partial charge in [0.2, 0.25) is 10.0 Å². The van der Waals surface area contributed by atoms with Crippen LogP contribution in [0.25, 0.3) is 10.2 Å². The number of halogens is 1. The first-order valence-corrected chi connectivity index (χ1v) is 14.4. The molecular formula is C26H25ClN4O4S2. The topological polar surface area (TPSA) is 92.7 Å². The second-order valence-corrected chi connectivity index (χ2v) is 12.2. The van der Waals surface area contributed by atoms with E-state index < -0.39 is 10.0 Å². The van der Waals surface area contributed by atoms with Gasteiger partial charge in [-0.25, -0.2) is 13.4 Å². The lowest BCUT2D eigenvalue weighted by atomic mass is 10.2. The van der Waals surface area contributed by atoms with Crippen LogP contribution in [-0.2, 0) is 21.3 Å². The Hall–Kier alpha value is -2.89. The second kappa shape index (κ2) is 10.8. The molecule has 11 heteroatoms. The van der Waals surface area contributed by atoms with E-state index in [0.717, 1.165) is 17.5 Å². The lowest BCUT2D eigenvalue weighted by molar-refractivity contribution is 0.0978. The van der Waals surface area contributed by atoms with Crippen LogP contribution in [0.5, 0.6) is 0 Å². The summed E-state index contributed by atoms with van der Waals surface area (Å²) >= 11 is 7.69. The van der Waals surface area contributed by atoms with Gasteiger partial charge >= 0.3 is 0 Å². The zero-order chi connectivity index (χ0) is 26.0. The van der Waals surface area contributed by atoms with Crippen LogP contribution < -0.4 is 4.90 Å². The first-order valence-electron chi connectivity index (χ1n) is 11.8. The summed E-state index contributed by atoms with van der Waals surface area (Å²) < 4.78 is 33.9. The summed E-state index contributed by atoms with van der Waals surface area (Å²) in [4.78, 5) is 24.3. The number of carbonyl (C=O) groups excluding carboxylic acids is 1. The number of pyridine rings is 1. The molecule has 2 aromatic carbocycles. The molecule has 1 fully saturated rings. The summed E-state index contributed by atoms with van der Waals surface area (Å²) in [5.41, 5.74) is 1.65. The van der Waals surface area contributed by atoms with Gasteiger partial charge in [-0.05, 0) is 61.4 Å². The summed E-state index contributed by atoms with van der Waals surface area (Å²) in [5, 5.41) is 0.985. The minimum absolute atomic E-state index is 0.0944. The zero-order valence-electron chi connectivity index (χ0n) is 20.1. The van der Waals surface area contributed by atoms with Gasteiger partial charge in [0, 0.05) is 32.0 Å². The van der Waals surface area contributed by atoms with Gasteiger partial charge in [-0.2, -0.15) is 4.31 Å². The summed E-state index contributed by atoms with van der Waals surface area (Å²) in [6.45, 7) is 1.15. The number of thiazole rings is 1. The highest BCUT2D eigenvalue weighted by molar-refractivity contribution is 7.89. The number of benzene rings is 2. The normalized spacial score (nSPS) is 15.9. The van der Waals surface area contributed by atoms with E-state index >= 15 is 0 Å².